The number of nitrogens with zero attached hydrogens (tertiary/aromatic N) is 1. The Balaban J connectivity index is 2.71. The summed E-state index contributed by atoms with van der Waals surface area (Å²) < 4.78 is 5.48. The van der Waals surface area contributed by atoms with Crippen molar-refractivity contribution in [1.29, 1.82) is 5.26 Å². The van der Waals surface area contributed by atoms with E-state index in [4.69, 9.17) is 9.68 Å². The maximum atomic E-state index is 11.3. The van der Waals surface area contributed by atoms with Gasteiger partial charge in [0.2, 0.25) is 5.76 Å². The number of carbonyl (C=O) groups is 1. The molecule has 1 aromatic heterocycles. The highest BCUT2D eigenvalue weighted by atomic mass is 79.9. The second-order valence-corrected chi connectivity index (χ2v) is 3.28. The van der Waals surface area contributed by atoms with Gasteiger partial charge in [-0.1, -0.05) is 0 Å². The number of hydrogen-bond donors (Lipinski definition) is 1. The van der Waals surface area contributed by atoms with Gasteiger partial charge >= 0.3 is 0 Å². The molecule has 0 unspecified atom stereocenters. The number of nitriles is 1. The van der Waals surface area contributed by atoms with Crippen LogP contribution in [0.5, 0.6) is 0 Å². The van der Waals surface area contributed by atoms with Crippen molar-refractivity contribution >= 4 is 21.8 Å². The van der Waals surface area contributed by atoms with Crippen molar-refractivity contribution in [1.82, 2.24) is 5.32 Å². The van der Waals surface area contributed by atoms with Crippen LogP contribution in [0.3, 0.4) is 0 Å². The first-order valence-electron chi connectivity index (χ1n) is 3.58. The molecule has 0 aliphatic carbocycles. The molecule has 1 rings (SSSR count). The quantitative estimate of drug-likeness (QED) is 0.859. The molecular weight excluding hydrogens is 236 g/mol. The van der Waals surface area contributed by atoms with E-state index in [0.29, 0.717) is 4.47 Å². The Morgan fingerprint density at radius 3 is 3.00 bits per heavy atom. The topological polar surface area (TPSA) is 66.0 Å². The zero-order valence-corrected chi connectivity index (χ0v) is 8.46. The van der Waals surface area contributed by atoms with E-state index in [9.17, 15) is 4.79 Å². The number of hydrogen-bond acceptors (Lipinski definition) is 3. The highest BCUT2D eigenvalue weighted by Crippen LogP contribution is 2.17. The first kappa shape index (κ1) is 9.81. The Kier molecular flexibility index (Phi) is 3.09. The predicted octanol–water partition coefficient (Wildman–Crippen LogP) is 1.68. The van der Waals surface area contributed by atoms with Crippen LogP contribution in [0.2, 0.25) is 0 Å². The molecule has 1 amide bonds. The number of halogens is 1. The lowest BCUT2D eigenvalue weighted by Gasteiger charge is -2.03. The number of amides is 1. The lowest BCUT2D eigenvalue weighted by molar-refractivity contribution is 0.0919. The first-order chi connectivity index (χ1) is 6.15. The highest BCUT2D eigenvalue weighted by Gasteiger charge is 2.15. The largest absolute Gasteiger partial charge is 0.458 e. The zero-order valence-electron chi connectivity index (χ0n) is 6.87. The summed E-state index contributed by atoms with van der Waals surface area (Å²) in [7, 11) is 0. The summed E-state index contributed by atoms with van der Waals surface area (Å²) in [6, 6.07) is 2.98. The third-order valence-corrected chi connectivity index (χ3v) is 1.99. The van der Waals surface area contributed by atoms with E-state index in [1.807, 2.05) is 6.07 Å². The molecule has 1 aromatic rings. The van der Waals surface area contributed by atoms with Gasteiger partial charge in [0.15, 0.2) is 0 Å². The third kappa shape index (κ3) is 2.33. The molecule has 0 saturated heterocycles. The molecule has 0 radical (unpaired) electrons. The van der Waals surface area contributed by atoms with Crippen molar-refractivity contribution in [3.05, 3.63) is 22.6 Å². The summed E-state index contributed by atoms with van der Waals surface area (Å²) in [5.74, 6) is -0.215. The van der Waals surface area contributed by atoms with E-state index in [0.717, 1.165) is 0 Å². The molecule has 4 nitrogen and oxygen atoms in total. The van der Waals surface area contributed by atoms with E-state index in [1.54, 1.807) is 13.0 Å². The molecule has 0 bridgehead atoms. The van der Waals surface area contributed by atoms with Gasteiger partial charge in [0, 0.05) is 0 Å². The van der Waals surface area contributed by atoms with Crippen LogP contribution in [0, 0.1) is 11.3 Å². The molecule has 1 atom stereocenters. The lowest BCUT2D eigenvalue weighted by Crippen LogP contribution is -2.31. The van der Waals surface area contributed by atoms with Crippen LogP contribution in [-0.4, -0.2) is 11.9 Å². The molecule has 0 aliphatic rings. The Labute approximate surface area is 83.7 Å². The second-order valence-electron chi connectivity index (χ2n) is 2.42. The maximum absolute atomic E-state index is 11.3. The summed E-state index contributed by atoms with van der Waals surface area (Å²) >= 11 is 3.14. The van der Waals surface area contributed by atoms with Gasteiger partial charge in [0.1, 0.15) is 6.04 Å². The smallest absolute Gasteiger partial charge is 0.289 e. The Morgan fingerprint density at radius 2 is 2.54 bits per heavy atom. The molecule has 0 aliphatic heterocycles. The van der Waals surface area contributed by atoms with E-state index in [2.05, 4.69) is 21.2 Å². The lowest BCUT2D eigenvalue weighted by atomic mass is 10.3. The minimum Gasteiger partial charge on any atom is -0.458 e. The molecule has 0 spiro atoms. The van der Waals surface area contributed by atoms with E-state index >= 15 is 0 Å². The Morgan fingerprint density at radius 1 is 1.85 bits per heavy atom. The van der Waals surface area contributed by atoms with Crippen LogP contribution in [0.15, 0.2) is 21.2 Å². The van der Waals surface area contributed by atoms with E-state index in [-0.39, 0.29) is 5.76 Å². The van der Waals surface area contributed by atoms with Gasteiger partial charge in [-0.25, -0.2) is 0 Å². The van der Waals surface area contributed by atoms with E-state index < -0.39 is 11.9 Å². The minimum absolute atomic E-state index is 0.183. The molecule has 68 valence electrons. The Bertz CT molecular complexity index is 353. The van der Waals surface area contributed by atoms with Crippen molar-refractivity contribution in [3.8, 4) is 6.07 Å². The Hall–Kier alpha value is -1.28. The average Bonchev–Trinajstić information content (AvgIpc) is 2.51. The number of nitrogens with one attached hydrogen (secondary N) is 1. The van der Waals surface area contributed by atoms with Crippen LogP contribution in [0.4, 0.5) is 0 Å². The second kappa shape index (κ2) is 4.10. The molecule has 13 heavy (non-hydrogen) atoms. The molecule has 0 aromatic carbocycles. The number of furan rings is 1. The number of rotatable bonds is 2. The van der Waals surface area contributed by atoms with Crippen LogP contribution < -0.4 is 5.32 Å². The van der Waals surface area contributed by atoms with Crippen molar-refractivity contribution in [2.24, 2.45) is 0 Å². The molecule has 1 heterocycles. The summed E-state index contributed by atoms with van der Waals surface area (Å²) in [5, 5.41) is 10.9. The summed E-state index contributed by atoms with van der Waals surface area (Å²) in [5.41, 5.74) is 0. The van der Waals surface area contributed by atoms with Gasteiger partial charge in [0.25, 0.3) is 5.91 Å². The van der Waals surface area contributed by atoms with Crippen LogP contribution in [0.1, 0.15) is 17.5 Å². The molecular formula is C8H7BrN2O2. The first-order valence-corrected chi connectivity index (χ1v) is 4.38. The molecule has 0 fully saturated rings. The van der Waals surface area contributed by atoms with Crippen molar-refractivity contribution in [2.45, 2.75) is 13.0 Å². The maximum Gasteiger partial charge on any atom is 0.289 e. The number of carbonyl (C=O) groups excluding carboxylic acids is 1. The zero-order chi connectivity index (χ0) is 9.84. The van der Waals surface area contributed by atoms with Crippen LogP contribution in [0.25, 0.3) is 0 Å². The molecule has 0 saturated carbocycles. The monoisotopic (exact) mass is 242 g/mol. The SMILES string of the molecule is C[C@H](C#N)NC(=O)c1occc1Br. The van der Waals surface area contributed by atoms with Gasteiger partial charge in [-0.2, -0.15) is 5.26 Å². The van der Waals surface area contributed by atoms with Crippen molar-refractivity contribution < 1.29 is 9.21 Å². The van der Waals surface area contributed by atoms with Gasteiger partial charge < -0.3 is 9.73 Å². The van der Waals surface area contributed by atoms with Crippen molar-refractivity contribution in [3.63, 3.8) is 0 Å². The van der Waals surface area contributed by atoms with E-state index in [1.165, 1.54) is 6.26 Å². The standard InChI is InChI=1S/C8H7BrN2O2/c1-5(4-10)11-8(12)7-6(9)2-3-13-7/h2-3,5H,1H3,(H,11,12)/t5-/m1/s1. The summed E-state index contributed by atoms with van der Waals surface area (Å²) in [6.07, 6.45) is 1.40. The van der Waals surface area contributed by atoms with Crippen molar-refractivity contribution in [2.75, 3.05) is 0 Å². The molecule has 5 heteroatoms. The fourth-order valence-electron chi connectivity index (χ4n) is 0.750. The van der Waals surface area contributed by atoms with Gasteiger partial charge in [-0.05, 0) is 28.9 Å². The fourth-order valence-corrected chi connectivity index (χ4v) is 1.13. The molecule has 1 N–H and O–H groups in total. The predicted molar refractivity (Wildman–Crippen MR) is 48.9 cm³/mol. The minimum atomic E-state index is -0.524. The fraction of sp³-hybridized carbons (Fsp3) is 0.250. The van der Waals surface area contributed by atoms with Crippen LogP contribution in [-0.2, 0) is 0 Å². The highest BCUT2D eigenvalue weighted by molar-refractivity contribution is 9.10. The third-order valence-electron chi connectivity index (χ3n) is 1.36. The van der Waals surface area contributed by atoms with Gasteiger partial charge in [0.05, 0.1) is 16.8 Å². The average molecular weight is 243 g/mol. The summed E-state index contributed by atoms with van der Waals surface area (Å²) in [6.45, 7) is 1.59. The van der Waals surface area contributed by atoms with Gasteiger partial charge in [-0.3, -0.25) is 4.79 Å². The van der Waals surface area contributed by atoms with Crippen LogP contribution >= 0.6 is 15.9 Å². The normalized spacial score (nSPS) is 11.8. The summed E-state index contributed by atoms with van der Waals surface area (Å²) in [4.78, 5) is 11.3. The van der Waals surface area contributed by atoms with Gasteiger partial charge in [-0.15, -0.1) is 0 Å².